The zero-order chi connectivity index (χ0) is 12.1. The Bertz CT molecular complexity index is 440. The first kappa shape index (κ1) is 12.4. The van der Waals surface area contributed by atoms with Gasteiger partial charge < -0.3 is 5.32 Å². The van der Waals surface area contributed by atoms with Crippen molar-refractivity contribution >= 4 is 23.1 Å². The first-order valence-electron chi connectivity index (χ1n) is 5.22. The largest absolute Gasteiger partial charge is 0.310 e. The fraction of sp³-hybridized carbons (Fsp3) is 0.400. The Morgan fingerprint density at radius 3 is 2.71 bits per heavy atom. The van der Waals surface area contributed by atoms with Gasteiger partial charge in [-0.15, -0.1) is 10.2 Å². The van der Waals surface area contributed by atoms with Crippen LogP contribution >= 0.6 is 23.1 Å². The summed E-state index contributed by atoms with van der Waals surface area (Å²) in [5.74, 6) is 0. The van der Waals surface area contributed by atoms with Crippen LogP contribution in [-0.4, -0.2) is 26.2 Å². The third-order valence-corrected chi connectivity index (χ3v) is 3.59. The van der Waals surface area contributed by atoms with Gasteiger partial charge in [0.05, 0.1) is 0 Å². The summed E-state index contributed by atoms with van der Waals surface area (Å²) in [4.78, 5) is 8.56. The van der Waals surface area contributed by atoms with Gasteiger partial charge in [-0.3, -0.25) is 0 Å². The minimum atomic E-state index is 0.463. The third kappa shape index (κ3) is 4.03. The predicted molar refractivity (Wildman–Crippen MR) is 68.0 cm³/mol. The molecule has 0 aliphatic carbocycles. The van der Waals surface area contributed by atoms with E-state index in [0.29, 0.717) is 11.2 Å². The predicted octanol–water partition coefficient (Wildman–Crippen LogP) is 1.98. The summed E-state index contributed by atoms with van der Waals surface area (Å²) in [6.45, 7) is 5.02. The molecule has 2 aromatic heterocycles. The van der Waals surface area contributed by atoms with E-state index < -0.39 is 0 Å². The lowest BCUT2D eigenvalue weighted by Crippen LogP contribution is -2.21. The van der Waals surface area contributed by atoms with Crippen LogP contribution in [0.25, 0.3) is 0 Å². The molecule has 0 radical (unpaired) electrons. The molecule has 0 fully saturated rings. The lowest BCUT2D eigenvalue weighted by molar-refractivity contribution is 0.585. The molecule has 0 aliphatic heterocycles. The summed E-state index contributed by atoms with van der Waals surface area (Å²) < 4.78 is 0.859. The summed E-state index contributed by atoms with van der Waals surface area (Å²) in [6.07, 6.45) is 3.68. The van der Waals surface area contributed by atoms with Gasteiger partial charge in [-0.25, -0.2) is 9.97 Å². The Kier molecular flexibility index (Phi) is 4.41. The molecule has 0 bridgehead atoms. The number of hydrogen-bond donors (Lipinski definition) is 1. The molecule has 0 spiro atoms. The lowest BCUT2D eigenvalue weighted by atomic mass is 10.3. The quantitative estimate of drug-likeness (QED) is 0.836. The van der Waals surface area contributed by atoms with Gasteiger partial charge in [-0.1, -0.05) is 25.2 Å². The highest BCUT2D eigenvalue weighted by molar-refractivity contribution is 8.00. The summed E-state index contributed by atoms with van der Waals surface area (Å²) >= 11 is 2.91. The topological polar surface area (TPSA) is 63.6 Å². The van der Waals surface area contributed by atoms with Crippen molar-refractivity contribution in [2.75, 3.05) is 0 Å². The fourth-order valence-corrected chi connectivity index (χ4v) is 2.37. The highest BCUT2D eigenvalue weighted by Gasteiger charge is 2.04. The average Bonchev–Trinajstić information content (AvgIpc) is 2.81. The molecule has 5 nitrogen and oxygen atoms in total. The van der Waals surface area contributed by atoms with Crippen LogP contribution in [0.5, 0.6) is 0 Å². The SMILES string of the molecule is CC(C)NCc1cnc(Sc2nncs2)nc1. The van der Waals surface area contributed by atoms with Gasteiger partial charge in [-0.05, 0) is 11.8 Å². The molecule has 0 unspecified atom stereocenters. The number of hydrogen-bond acceptors (Lipinski definition) is 7. The van der Waals surface area contributed by atoms with Crippen LogP contribution in [0.1, 0.15) is 19.4 Å². The lowest BCUT2D eigenvalue weighted by Gasteiger charge is -2.07. The van der Waals surface area contributed by atoms with Crippen molar-refractivity contribution in [3.8, 4) is 0 Å². The average molecular weight is 267 g/mol. The van der Waals surface area contributed by atoms with Crippen molar-refractivity contribution in [1.82, 2.24) is 25.5 Å². The van der Waals surface area contributed by atoms with Crippen molar-refractivity contribution in [2.45, 2.75) is 35.9 Å². The van der Waals surface area contributed by atoms with Gasteiger partial charge in [0.25, 0.3) is 0 Å². The Morgan fingerprint density at radius 1 is 1.35 bits per heavy atom. The van der Waals surface area contributed by atoms with Gasteiger partial charge >= 0.3 is 0 Å². The molecule has 2 rings (SSSR count). The second-order valence-corrected chi connectivity index (χ2v) is 5.76. The third-order valence-electron chi connectivity index (χ3n) is 1.91. The Morgan fingerprint density at radius 2 is 2.12 bits per heavy atom. The first-order valence-corrected chi connectivity index (χ1v) is 6.92. The van der Waals surface area contributed by atoms with Crippen molar-refractivity contribution in [1.29, 1.82) is 0 Å². The second-order valence-electron chi connectivity index (χ2n) is 3.72. The summed E-state index contributed by atoms with van der Waals surface area (Å²) in [5, 5.41) is 11.7. The van der Waals surface area contributed by atoms with Crippen LogP contribution in [0.15, 0.2) is 27.4 Å². The van der Waals surface area contributed by atoms with E-state index in [9.17, 15) is 0 Å². The van der Waals surface area contributed by atoms with E-state index in [1.54, 1.807) is 5.51 Å². The molecule has 90 valence electrons. The Hall–Kier alpha value is -1.05. The molecule has 0 saturated heterocycles. The van der Waals surface area contributed by atoms with E-state index in [1.165, 1.54) is 23.1 Å². The van der Waals surface area contributed by atoms with Crippen LogP contribution in [0.4, 0.5) is 0 Å². The zero-order valence-electron chi connectivity index (χ0n) is 9.62. The van der Waals surface area contributed by atoms with Crippen LogP contribution in [0.3, 0.4) is 0 Å². The highest BCUT2D eigenvalue weighted by Crippen LogP contribution is 2.24. The summed E-state index contributed by atoms with van der Waals surface area (Å²) in [6, 6.07) is 0.463. The molecule has 0 aliphatic rings. The molecule has 2 aromatic rings. The molecule has 0 atom stereocenters. The van der Waals surface area contributed by atoms with Gasteiger partial charge in [0.2, 0.25) is 0 Å². The summed E-state index contributed by atoms with van der Waals surface area (Å²) in [7, 11) is 0. The molecule has 0 aromatic carbocycles. The molecular weight excluding hydrogens is 254 g/mol. The first-order chi connectivity index (χ1) is 8.24. The minimum Gasteiger partial charge on any atom is -0.310 e. The molecule has 17 heavy (non-hydrogen) atoms. The van der Waals surface area contributed by atoms with E-state index in [0.717, 1.165) is 16.4 Å². The molecule has 0 amide bonds. The molecule has 0 saturated carbocycles. The van der Waals surface area contributed by atoms with Gasteiger partial charge in [0.15, 0.2) is 9.50 Å². The van der Waals surface area contributed by atoms with Gasteiger partial charge in [0, 0.05) is 30.5 Å². The maximum absolute atomic E-state index is 4.28. The van der Waals surface area contributed by atoms with E-state index in [2.05, 4.69) is 39.3 Å². The van der Waals surface area contributed by atoms with Crippen LogP contribution in [0.2, 0.25) is 0 Å². The smallest absolute Gasteiger partial charge is 0.194 e. The number of aromatic nitrogens is 4. The van der Waals surface area contributed by atoms with Crippen molar-refractivity contribution < 1.29 is 0 Å². The van der Waals surface area contributed by atoms with Crippen LogP contribution in [-0.2, 0) is 6.54 Å². The molecular formula is C10H13N5S2. The zero-order valence-corrected chi connectivity index (χ0v) is 11.3. The monoisotopic (exact) mass is 267 g/mol. The fourth-order valence-electron chi connectivity index (χ4n) is 1.09. The van der Waals surface area contributed by atoms with E-state index in [1.807, 2.05) is 12.4 Å². The minimum absolute atomic E-state index is 0.463. The van der Waals surface area contributed by atoms with E-state index in [-0.39, 0.29) is 0 Å². The molecule has 2 heterocycles. The van der Waals surface area contributed by atoms with Crippen molar-refractivity contribution in [2.24, 2.45) is 0 Å². The highest BCUT2D eigenvalue weighted by atomic mass is 32.2. The van der Waals surface area contributed by atoms with Gasteiger partial charge in [0.1, 0.15) is 5.51 Å². The molecule has 7 heteroatoms. The van der Waals surface area contributed by atoms with Crippen LogP contribution in [0, 0.1) is 0 Å². The van der Waals surface area contributed by atoms with Crippen molar-refractivity contribution in [3.05, 3.63) is 23.5 Å². The number of nitrogens with zero attached hydrogens (tertiary/aromatic N) is 4. The number of nitrogens with one attached hydrogen (secondary N) is 1. The van der Waals surface area contributed by atoms with Crippen molar-refractivity contribution in [3.63, 3.8) is 0 Å². The maximum atomic E-state index is 4.28. The van der Waals surface area contributed by atoms with E-state index >= 15 is 0 Å². The number of rotatable bonds is 5. The normalized spacial score (nSPS) is 11.0. The van der Waals surface area contributed by atoms with Crippen LogP contribution < -0.4 is 5.32 Å². The molecule has 1 N–H and O–H groups in total. The maximum Gasteiger partial charge on any atom is 0.194 e. The van der Waals surface area contributed by atoms with E-state index in [4.69, 9.17) is 0 Å². The Labute approximate surface area is 108 Å². The standard InChI is InChI=1S/C10H13N5S2/c1-7(2)11-3-8-4-12-9(13-5-8)17-10-15-14-6-16-10/h4-7,11H,3H2,1-2H3. The Balaban J connectivity index is 1.93. The second kappa shape index (κ2) is 6.04. The van der Waals surface area contributed by atoms with Gasteiger partial charge in [-0.2, -0.15) is 0 Å². The summed E-state index contributed by atoms with van der Waals surface area (Å²) in [5.41, 5.74) is 2.78.